The SMILES string of the molecule is COc1ccc(CN2C(=O)Cc3ccc(NC(C)=O)c(OC)c3[C@@H]2CO[Si](c2ccccc2)(c2ccccc2)C(C)(C)C)cc1. The standard InChI is InChI=1S/C37H42N2O5Si/c1-26(40)38-32-22-19-28-23-34(41)39(24-27-17-20-29(42-5)21-18-27)33(35(28)36(32)43-6)25-44-45(37(2,3)4,30-13-9-7-10-14-30)31-15-11-8-12-16-31/h7-22,33H,23-25H2,1-6H3,(H,38,40)/t33-/m0/s1. The Morgan fingerprint density at radius 1 is 0.867 bits per heavy atom. The van der Waals surface area contributed by atoms with Gasteiger partial charge in [-0.25, -0.2) is 0 Å². The molecule has 0 saturated carbocycles. The van der Waals surface area contributed by atoms with E-state index < -0.39 is 14.4 Å². The summed E-state index contributed by atoms with van der Waals surface area (Å²) < 4.78 is 18.8. The number of benzene rings is 4. The Morgan fingerprint density at radius 2 is 1.47 bits per heavy atom. The second kappa shape index (κ2) is 13.3. The van der Waals surface area contributed by atoms with E-state index in [9.17, 15) is 9.59 Å². The predicted octanol–water partition coefficient (Wildman–Crippen LogP) is 5.86. The van der Waals surface area contributed by atoms with Crippen molar-refractivity contribution in [1.82, 2.24) is 4.90 Å². The number of anilines is 1. The quantitative estimate of drug-likeness (QED) is 0.224. The Hall–Kier alpha value is -4.40. The average Bonchev–Trinajstić information content (AvgIpc) is 3.03. The number of hydrogen-bond donors (Lipinski definition) is 1. The molecular weight excluding hydrogens is 581 g/mol. The van der Waals surface area contributed by atoms with E-state index in [2.05, 4.69) is 74.6 Å². The highest BCUT2D eigenvalue weighted by atomic mass is 28.4. The van der Waals surface area contributed by atoms with Crippen molar-refractivity contribution in [3.8, 4) is 11.5 Å². The fourth-order valence-corrected chi connectivity index (χ4v) is 11.1. The molecule has 0 radical (unpaired) electrons. The maximum absolute atomic E-state index is 14.0. The molecule has 0 spiro atoms. The van der Waals surface area contributed by atoms with Crippen LogP contribution in [0.15, 0.2) is 97.1 Å². The van der Waals surface area contributed by atoms with Crippen LogP contribution in [0.2, 0.25) is 5.04 Å². The first-order chi connectivity index (χ1) is 21.6. The highest BCUT2D eigenvalue weighted by Gasteiger charge is 2.51. The molecule has 234 valence electrons. The highest BCUT2D eigenvalue weighted by molar-refractivity contribution is 6.99. The maximum atomic E-state index is 14.0. The Labute approximate surface area is 267 Å². The van der Waals surface area contributed by atoms with Crippen LogP contribution < -0.4 is 25.2 Å². The molecule has 1 aliphatic rings. The summed E-state index contributed by atoms with van der Waals surface area (Å²) in [6.07, 6.45) is 0.220. The third kappa shape index (κ3) is 6.39. The molecule has 1 N–H and O–H groups in total. The van der Waals surface area contributed by atoms with Crippen molar-refractivity contribution in [3.63, 3.8) is 0 Å². The molecule has 8 heteroatoms. The molecule has 0 saturated heterocycles. The molecule has 7 nitrogen and oxygen atoms in total. The summed E-state index contributed by atoms with van der Waals surface area (Å²) in [6.45, 7) is 8.81. The van der Waals surface area contributed by atoms with Gasteiger partial charge in [0.2, 0.25) is 11.8 Å². The van der Waals surface area contributed by atoms with Crippen LogP contribution in [0, 0.1) is 0 Å². The fraction of sp³-hybridized carbons (Fsp3) is 0.297. The van der Waals surface area contributed by atoms with Crippen LogP contribution in [0.25, 0.3) is 0 Å². The van der Waals surface area contributed by atoms with Crippen LogP contribution in [0.1, 0.15) is 50.4 Å². The lowest BCUT2D eigenvalue weighted by atomic mass is 9.90. The first-order valence-corrected chi connectivity index (χ1v) is 17.1. The Morgan fingerprint density at radius 3 is 1.98 bits per heavy atom. The lowest BCUT2D eigenvalue weighted by Gasteiger charge is -2.45. The largest absolute Gasteiger partial charge is 0.497 e. The van der Waals surface area contributed by atoms with Crippen LogP contribution in [0.4, 0.5) is 5.69 Å². The summed E-state index contributed by atoms with van der Waals surface area (Å²) in [4.78, 5) is 28.0. The Kier molecular flexibility index (Phi) is 9.46. The Bertz CT molecular complexity index is 1600. The molecule has 1 aliphatic heterocycles. The van der Waals surface area contributed by atoms with Gasteiger partial charge in [-0.15, -0.1) is 0 Å². The van der Waals surface area contributed by atoms with Gasteiger partial charge in [0, 0.05) is 19.0 Å². The zero-order chi connectivity index (χ0) is 32.2. The van der Waals surface area contributed by atoms with E-state index >= 15 is 0 Å². The van der Waals surface area contributed by atoms with Crippen LogP contribution >= 0.6 is 0 Å². The lowest BCUT2D eigenvalue weighted by Crippen LogP contribution is -2.67. The molecule has 0 fully saturated rings. The number of carbonyl (C=O) groups excluding carboxylic acids is 2. The molecule has 0 bridgehead atoms. The number of carbonyl (C=O) groups is 2. The van der Waals surface area contributed by atoms with Gasteiger partial charge >= 0.3 is 0 Å². The monoisotopic (exact) mass is 622 g/mol. The van der Waals surface area contributed by atoms with E-state index in [-0.39, 0.29) is 29.9 Å². The van der Waals surface area contributed by atoms with Crippen molar-refractivity contribution in [3.05, 3.63) is 114 Å². The number of methoxy groups -OCH3 is 2. The minimum Gasteiger partial charge on any atom is -0.497 e. The van der Waals surface area contributed by atoms with E-state index in [4.69, 9.17) is 13.9 Å². The maximum Gasteiger partial charge on any atom is 0.261 e. The summed E-state index contributed by atoms with van der Waals surface area (Å²) in [7, 11) is 0.296. The number of nitrogens with one attached hydrogen (secondary N) is 1. The third-order valence-corrected chi connectivity index (χ3v) is 13.6. The molecule has 0 unspecified atom stereocenters. The summed E-state index contributed by atoms with van der Waals surface area (Å²) in [5, 5.41) is 4.99. The van der Waals surface area contributed by atoms with Gasteiger partial charge in [-0.1, -0.05) is 99.6 Å². The van der Waals surface area contributed by atoms with Crippen LogP contribution in [-0.4, -0.2) is 45.9 Å². The second-order valence-corrected chi connectivity index (χ2v) is 16.7. The molecule has 1 heterocycles. The normalized spacial score (nSPS) is 14.9. The van der Waals surface area contributed by atoms with Crippen LogP contribution in [0.5, 0.6) is 11.5 Å². The van der Waals surface area contributed by atoms with Crippen molar-refractivity contribution in [2.45, 2.75) is 51.7 Å². The molecule has 2 amide bonds. The van der Waals surface area contributed by atoms with Gasteiger partial charge in [-0.2, -0.15) is 0 Å². The number of rotatable bonds is 10. The summed E-state index contributed by atoms with van der Waals surface area (Å²) in [6, 6.07) is 32.0. The van der Waals surface area contributed by atoms with Crippen molar-refractivity contribution in [1.29, 1.82) is 0 Å². The minimum absolute atomic E-state index is 0.00342. The van der Waals surface area contributed by atoms with Crippen LogP contribution in [-0.2, 0) is 27.0 Å². The summed E-state index contributed by atoms with van der Waals surface area (Å²) >= 11 is 0. The average molecular weight is 623 g/mol. The zero-order valence-electron chi connectivity index (χ0n) is 26.9. The van der Waals surface area contributed by atoms with Gasteiger partial charge in [-0.05, 0) is 44.7 Å². The zero-order valence-corrected chi connectivity index (χ0v) is 27.9. The third-order valence-electron chi connectivity index (χ3n) is 8.56. The minimum atomic E-state index is -2.94. The van der Waals surface area contributed by atoms with E-state index in [0.29, 0.717) is 18.0 Å². The van der Waals surface area contributed by atoms with Crippen molar-refractivity contribution < 1.29 is 23.5 Å². The van der Waals surface area contributed by atoms with Crippen molar-refractivity contribution in [2.75, 3.05) is 26.1 Å². The van der Waals surface area contributed by atoms with Crippen molar-refractivity contribution in [2.24, 2.45) is 0 Å². The number of fused-ring (bicyclic) bond motifs is 1. The number of nitrogens with zero attached hydrogens (tertiary/aromatic N) is 1. The van der Waals surface area contributed by atoms with Gasteiger partial charge in [0.1, 0.15) is 11.5 Å². The fourth-order valence-electron chi connectivity index (χ4n) is 6.53. The van der Waals surface area contributed by atoms with Crippen molar-refractivity contribution >= 4 is 36.2 Å². The first kappa shape index (κ1) is 32.0. The van der Waals surface area contributed by atoms with Gasteiger partial charge in [0.25, 0.3) is 8.32 Å². The molecule has 45 heavy (non-hydrogen) atoms. The second-order valence-electron chi connectivity index (χ2n) is 12.4. The molecule has 0 aromatic heterocycles. The number of ether oxygens (including phenoxy) is 2. The summed E-state index contributed by atoms with van der Waals surface area (Å²) in [5.74, 6) is 1.10. The van der Waals surface area contributed by atoms with E-state index in [0.717, 1.165) is 32.8 Å². The molecule has 1 atom stereocenters. The molecule has 0 aliphatic carbocycles. The van der Waals surface area contributed by atoms with Gasteiger partial charge in [0.15, 0.2) is 0 Å². The van der Waals surface area contributed by atoms with E-state index in [1.807, 2.05) is 53.4 Å². The topological polar surface area (TPSA) is 77.1 Å². The number of amides is 2. The van der Waals surface area contributed by atoms with Gasteiger partial charge < -0.3 is 24.1 Å². The summed E-state index contributed by atoms with van der Waals surface area (Å²) in [5.41, 5.74) is 3.26. The molecule has 4 aromatic rings. The lowest BCUT2D eigenvalue weighted by molar-refractivity contribution is -0.135. The highest BCUT2D eigenvalue weighted by Crippen LogP contribution is 2.44. The van der Waals surface area contributed by atoms with Crippen LogP contribution in [0.3, 0.4) is 0 Å². The van der Waals surface area contributed by atoms with E-state index in [1.165, 1.54) is 6.92 Å². The molecule has 4 aromatic carbocycles. The number of hydrogen-bond acceptors (Lipinski definition) is 5. The van der Waals surface area contributed by atoms with Gasteiger partial charge in [-0.3, -0.25) is 9.59 Å². The smallest absolute Gasteiger partial charge is 0.261 e. The molecule has 5 rings (SSSR count). The van der Waals surface area contributed by atoms with E-state index in [1.54, 1.807) is 14.2 Å². The Balaban J connectivity index is 1.67. The first-order valence-electron chi connectivity index (χ1n) is 15.2. The van der Waals surface area contributed by atoms with Gasteiger partial charge in [0.05, 0.1) is 39.0 Å². The predicted molar refractivity (Wildman–Crippen MR) is 181 cm³/mol. The molecular formula is C37H42N2O5Si.